The number of nitrogens with one attached hydrogen (secondary N) is 1. The first-order valence-electron chi connectivity index (χ1n) is 10.9. The van der Waals surface area contributed by atoms with Crippen LogP contribution < -0.4 is 5.32 Å². The number of hydrogen-bond acceptors (Lipinski definition) is 4. The number of piperidine rings is 1. The first kappa shape index (κ1) is 24.2. The minimum absolute atomic E-state index is 0.0126. The van der Waals surface area contributed by atoms with Crippen molar-refractivity contribution in [3.63, 3.8) is 0 Å². The van der Waals surface area contributed by atoms with E-state index in [0.717, 1.165) is 11.1 Å². The molecule has 2 aromatic carbocycles. The topological polar surface area (TPSA) is 95.9 Å². The predicted molar refractivity (Wildman–Crippen MR) is 124 cm³/mol. The number of carboxylic acid groups (broad SMARTS) is 1. The van der Waals surface area contributed by atoms with Gasteiger partial charge in [-0.25, -0.2) is 17.5 Å². The van der Waals surface area contributed by atoms with E-state index >= 15 is 0 Å². The number of hydrogen-bond donors (Lipinski definition) is 2. The van der Waals surface area contributed by atoms with Crippen molar-refractivity contribution in [3.05, 3.63) is 70.8 Å². The van der Waals surface area contributed by atoms with Crippen LogP contribution in [0.25, 0.3) is 0 Å². The Hall–Kier alpha value is -2.42. The summed E-state index contributed by atoms with van der Waals surface area (Å²) in [6.07, 6.45) is 0.361. The SMILES string of the molecule is Cc1ccc(C)c(COC2CCN(S(=O)(=O)CC(Cc3ccccc3)NC(=O)O)CC2)c1. The standard InChI is InChI=1S/C24H32N2O5S/c1-18-8-9-19(2)21(14-18)16-31-23-10-12-26(13-11-23)32(29,30)17-22(25-24(27)28)15-20-6-4-3-5-7-20/h3-9,14,22-23,25H,10-13,15-17H2,1-2H3,(H,27,28). The zero-order valence-corrected chi connectivity index (χ0v) is 19.5. The summed E-state index contributed by atoms with van der Waals surface area (Å²) in [5.41, 5.74) is 4.42. The second kappa shape index (κ2) is 10.9. The summed E-state index contributed by atoms with van der Waals surface area (Å²) in [6, 6.07) is 14.9. The molecule has 1 fully saturated rings. The van der Waals surface area contributed by atoms with Crippen molar-refractivity contribution in [2.75, 3.05) is 18.8 Å². The highest BCUT2D eigenvalue weighted by atomic mass is 32.2. The summed E-state index contributed by atoms with van der Waals surface area (Å²) in [6.45, 7) is 5.39. The molecule has 7 nitrogen and oxygen atoms in total. The third-order valence-corrected chi connectivity index (χ3v) is 7.81. The van der Waals surface area contributed by atoms with Gasteiger partial charge in [0.05, 0.1) is 24.5 Å². The van der Waals surface area contributed by atoms with Gasteiger partial charge in [0.15, 0.2) is 0 Å². The molecule has 1 heterocycles. The van der Waals surface area contributed by atoms with Crippen LogP contribution in [0, 0.1) is 13.8 Å². The smallest absolute Gasteiger partial charge is 0.404 e. The lowest BCUT2D eigenvalue weighted by Gasteiger charge is -2.32. The van der Waals surface area contributed by atoms with Crippen LogP contribution in [0.2, 0.25) is 0 Å². The number of rotatable bonds is 9. The van der Waals surface area contributed by atoms with Gasteiger partial charge in [-0.2, -0.15) is 0 Å². The molecule has 3 rings (SSSR count). The highest BCUT2D eigenvalue weighted by molar-refractivity contribution is 7.89. The first-order valence-corrected chi connectivity index (χ1v) is 12.5. The van der Waals surface area contributed by atoms with E-state index in [-0.39, 0.29) is 11.9 Å². The summed E-state index contributed by atoms with van der Waals surface area (Å²) >= 11 is 0. The molecule has 174 valence electrons. The fourth-order valence-electron chi connectivity index (χ4n) is 4.02. The summed E-state index contributed by atoms with van der Waals surface area (Å²) in [4.78, 5) is 11.2. The molecule has 2 N–H and O–H groups in total. The maximum atomic E-state index is 13.0. The monoisotopic (exact) mass is 460 g/mol. The van der Waals surface area contributed by atoms with Gasteiger partial charge in [0, 0.05) is 13.1 Å². The Balaban J connectivity index is 1.54. The Morgan fingerprint density at radius 3 is 2.50 bits per heavy atom. The van der Waals surface area contributed by atoms with E-state index in [2.05, 4.69) is 37.4 Å². The number of aryl methyl sites for hydroxylation is 2. The van der Waals surface area contributed by atoms with Crippen molar-refractivity contribution in [3.8, 4) is 0 Å². The van der Waals surface area contributed by atoms with Crippen LogP contribution in [0.4, 0.5) is 4.79 Å². The van der Waals surface area contributed by atoms with Crippen LogP contribution in [0.1, 0.15) is 35.1 Å². The molecule has 1 atom stereocenters. The molecule has 8 heteroatoms. The molecule has 0 bridgehead atoms. The lowest BCUT2D eigenvalue weighted by Crippen LogP contribution is -2.47. The Morgan fingerprint density at radius 2 is 1.84 bits per heavy atom. The Morgan fingerprint density at radius 1 is 1.16 bits per heavy atom. The Kier molecular flexibility index (Phi) is 8.28. The molecule has 1 unspecified atom stereocenters. The number of nitrogens with zero attached hydrogens (tertiary/aromatic N) is 1. The second-order valence-corrected chi connectivity index (χ2v) is 10.5. The van der Waals surface area contributed by atoms with Crippen LogP contribution in [-0.2, 0) is 27.8 Å². The number of sulfonamides is 1. The normalized spacial score (nSPS) is 16.6. The van der Waals surface area contributed by atoms with E-state index in [9.17, 15) is 13.2 Å². The third kappa shape index (κ3) is 7.05. The van der Waals surface area contributed by atoms with Crippen molar-refractivity contribution in [1.82, 2.24) is 9.62 Å². The molecule has 0 saturated carbocycles. The summed E-state index contributed by atoms with van der Waals surface area (Å²) in [5.74, 6) is -0.262. The van der Waals surface area contributed by atoms with E-state index in [0.29, 0.717) is 39.0 Å². The van der Waals surface area contributed by atoms with E-state index in [1.54, 1.807) is 0 Å². The van der Waals surface area contributed by atoms with E-state index in [4.69, 9.17) is 9.84 Å². The highest BCUT2D eigenvalue weighted by Crippen LogP contribution is 2.21. The lowest BCUT2D eigenvalue weighted by molar-refractivity contribution is 0.00996. The molecule has 0 spiro atoms. The van der Waals surface area contributed by atoms with Gasteiger partial charge in [-0.3, -0.25) is 0 Å². The maximum absolute atomic E-state index is 13.0. The van der Waals surface area contributed by atoms with Gasteiger partial charge >= 0.3 is 6.09 Å². The van der Waals surface area contributed by atoms with E-state index < -0.39 is 22.2 Å². The molecular weight excluding hydrogens is 428 g/mol. The Bertz CT molecular complexity index is 1000. The first-order chi connectivity index (χ1) is 15.2. The fourth-order valence-corrected chi connectivity index (χ4v) is 5.71. The van der Waals surface area contributed by atoms with Crippen molar-refractivity contribution >= 4 is 16.1 Å². The van der Waals surface area contributed by atoms with Crippen molar-refractivity contribution in [2.24, 2.45) is 0 Å². The maximum Gasteiger partial charge on any atom is 0.404 e. The lowest BCUT2D eigenvalue weighted by atomic mass is 10.1. The molecule has 1 aliphatic heterocycles. The predicted octanol–water partition coefficient (Wildman–Crippen LogP) is 3.49. The van der Waals surface area contributed by atoms with Crippen LogP contribution in [-0.4, -0.2) is 54.9 Å². The minimum atomic E-state index is -3.60. The van der Waals surface area contributed by atoms with Gasteiger partial charge in [-0.15, -0.1) is 0 Å². The highest BCUT2D eigenvalue weighted by Gasteiger charge is 2.31. The third-order valence-electron chi connectivity index (χ3n) is 5.84. The number of benzene rings is 2. The van der Waals surface area contributed by atoms with E-state index in [1.807, 2.05) is 30.3 Å². The molecule has 1 saturated heterocycles. The molecule has 1 amide bonds. The van der Waals surface area contributed by atoms with Crippen molar-refractivity contribution in [2.45, 2.75) is 51.9 Å². The number of ether oxygens (including phenoxy) is 1. The molecule has 2 aromatic rings. The molecule has 32 heavy (non-hydrogen) atoms. The molecule has 0 aromatic heterocycles. The number of carbonyl (C=O) groups is 1. The summed E-state index contributed by atoms with van der Waals surface area (Å²) in [5, 5.41) is 11.5. The molecule has 0 radical (unpaired) electrons. The number of amides is 1. The van der Waals surface area contributed by atoms with Gasteiger partial charge < -0.3 is 15.2 Å². The fraction of sp³-hybridized carbons (Fsp3) is 0.458. The Labute approximate surface area is 190 Å². The van der Waals surface area contributed by atoms with Crippen molar-refractivity contribution in [1.29, 1.82) is 0 Å². The van der Waals surface area contributed by atoms with Gasteiger partial charge in [0.1, 0.15) is 0 Å². The average Bonchev–Trinajstić information content (AvgIpc) is 2.74. The second-order valence-electron chi connectivity index (χ2n) is 8.45. The van der Waals surface area contributed by atoms with Gasteiger partial charge in [0.25, 0.3) is 0 Å². The van der Waals surface area contributed by atoms with Crippen LogP contribution >= 0.6 is 0 Å². The molecular formula is C24H32N2O5S. The minimum Gasteiger partial charge on any atom is -0.465 e. The zero-order valence-electron chi connectivity index (χ0n) is 18.7. The zero-order chi connectivity index (χ0) is 23.1. The summed E-state index contributed by atoms with van der Waals surface area (Å²) in [7, 11) is -3.60. The van der Waals surface area contributed by atoms with Gasteiger partial charge in [0.2, 0.25) is 10.0 Å². The molecule has 1 aliphatic rings. The molecule has 0 aliphatic carbocycles. The van der Waals surface area contributed by atoms with Crippen molar-refractivity contribution < 1.29 is 23.1 Å². The van der Waals surface area contributed by atoms with Crippen LogP contribution in [0.5, 0.6) is 0 Å². The van der Waals surface area contributed by atoms with Gasteiger partial charge in [-0.05, 0) is 49.8 Å². The largest absolute Gasteiger partial charge is 0.465 e. The average molecular weight is 461 g/mol. The van der Waals surface area contributed by atoms with Gasteiger partial charge in [-0.1, -0.05) is 54.1 Å². The quantitative estimate of drug-likeness (QED) is 0.597. The summed E-state index contributed by atoms with van der Waals surface area (Å²) < 4.78 is 33.5. The van der Waals surface area contributed by atoms with Crippen LogP contribution in [0.15, 0.2) is 48.5 Å². The van der Waals surface area contributed by atoms with E-state index in [1.165, 1.54) is 15.4 Å². The van der Waals surface area contributed by atoms with Crippen LogP contribution in [0.3, 0.4) is 0 Å².